The van der Waals surface area contributed by atoms with Crippen LogP contribution in [0.3, 0.4) is 0 Å². The highest BCUT2D eigenvalue weighted by molar-refractivity contribution is 7.22. The van der Waals surface area contributed by atoms with Crippen LogP contribution in [-0.4, -0.2) is 49.8 Å². The van der Waals surface area contributed by atoms with Crippen LogP contribution in [0.15, 0.2) is 42.5 Å². The van der Waals surface area contributed by atoms with E-state index in [2.05, 4.69) is 9.88 Å². The minimum absolute atomic E-state index is 0. The van der Waals surface area contributed by atoms with Crippen LogP contribution in [0.25, 0.3) is 16.3 Å². The van der Waals surface area contributed by atoms with E-state index in [4.69, 9.17) is 9.47 Å². The Kier molecular flexibility index (Phi) is 7.48. The number of benzene rings is 2. The third-order valence-electron chi connectivity index (χ3n) is 4.66. The second-order valence-corrected chi connectivity index (χ2v) is 8.18. The van der Waals surface area contributed by atoms with Crippen molar-refractivity contribution in [1.29, 1.82) is 0 Å². The Morgan fingerprint density at radius 2 is 2.00 bits per heavy atom. The number of amides is 1. The van der Waals surface area contributed by atoms with Crippen LogP contribution in [0.2, 0.25) is 0 Å². The fourth-order valence-electron chi connectivity index (χ4n) is 3.14. The minimum Gasteiger partial charge on any atom is -0.454 e. The van der Waals surface area contributed by atoms with Gasteiger partial charge in [-0.1, -0.05) is 23.5 Å². The summed E-state index contributed by atoms with van der Waals surface area (Å²) >= 11 is 1.31. The van der Waals surface area contributed by atoms with Crippen molar-refractivity contribution in [2.75, 3.05) is 38.9 Å². The summed E-state index contributed by atoms with van der Waals surface area (Å²) < 4.78 is 25.5. The number of aromatic nitrogens is 1. The maximum atomic E-state index is 14.1. The van der Waals surface area contributed by atoms with E-state index >= 15 is 0 Å². The molecule has 0 saturated heterocycles. The normalized spacial score (nSPS) is 12.5. The first-order valence-electron chi connectivity index (χ1n) is 9.60. The molecule has 9 heteroatoms. The molecule has 0 N–H and O–H groups in total. The average molecular weight is 464 g/mol. The first-order chi connectivity index (χ1) is 14.5. The van der Waals surface area contributed by atoms with E-state index in [-0.39, 0.29) is 30.9 Å². The summed E-state index contributed by atoms with van der Waals surface area (Å²) in [6.45, 7) is 1.52. The number of para-hydroxylation sites is 1. The number of carbonyl (C=O) groups excluding carboxylic acids is 1. The maximum Gasteiger partial charge on any atom is 0.252 e. The van der Waals surface area contributed by atoms with Gasteiger partial charge in [-0.25, -0.2) is 9.37 Å². The van der Waals surface area contributed by atoms with Crippen molar-refractivity contribution in [3.8, 4) is 11.5 Å². The van der Waals surface area contributed by atoms with E-state index < -0.39 is 0 Å². The third kappa shape index (κ3) is 5.33. The first kappa shape index (κ1) is 23.0. The van der Waals surface area contributed by atoms with Crippen LogP contribution in [-0.2, 0) is 4.79 Å². The van der Waals surface area contributed by atoms with Crippen molar-refractivity contribution >= 4 is 51.1 Å². The predicted molar refractivity (Wildman–Crippen MR) is 124 cm³/mol. The number of hydrogen-bond donors (Lipinski definition) is 0. The van der Waals surface area contributed by atoms with E-state index in [0.717, 1.165) is 23.2 Å². The molecule has 0 radical (unpaired) electrons. The fraction of sp³-hybridized carbons (Fsp3) is 0.273. The second-order valence-electron chi connectivity index (χ2n) is 7.18. The number of carbonyl (C=O) groups is 1. The highest BCUT2D eigenvalue weighted by Gasteiger charge is 2.19. The Bertz CT molecular complexity index is 1100. The molecule has 2 aromatic carbocycles. The SMILES string of the molecule is CN(C)CCCN(C(=O)C=Cc1ccc2c(c1)OCO2)c1nc2c(F)cccc2s1.Cl. The number of anilines is 1. The molecule has 0 fully saturated rings. The fourth-order valence-corrected chi connectivity index (χ4v) is 4.15. The van der Waals surface area contributed by atoms with E-state index in [9.17, 15) is 9.18 Å². The van der Waals surface area contributed by atoms with E-state index in [1.54, 1.807) is 17.0 Å². The summed E-state index contributed by atoms with van der Waals surface area (Å²) in [4.78, 5) is 21.1. The van der Waals surface area contributed by atoms with Gasteiger partial charge in [0, 0.05) is 12.6 Å². The number of ether oxygens (including phenoxy) is 2. The van der Waals surface area contributed by atoms with Crippen LogP contribution in [0.4, 0.5) is 9.52 Å². The Hall–Kier alpha value is -2.68. The zero-order valence-electron chi connectivity index (χ0n) is 17.2. The van der Waals surface area contributed by atoms with Crippen molar-refractivity contribution < 1.29 is 18.7 Å². The molecule has 0 aliphatic carbocycles. The van der Waals surface area contributed by atoms with Gasteiger partial charge in [-0.05, 0) is 63.0 Å². The van der Waals surface area contributed by atoms with Gasteiger partial charge in [0.1, 0.15) is 11.3 Å². The lowest BCUT2D eigenvalue weighted by Crippen LogP contribution is -2.32. The van der Waals surface area contributed by atoms with Crippen molar-refractivity contribution in [3.63, 3.8) is 0 Å². The summed E-state index contributed by atoms with van der Waals surface area (Å²) in [5.74, 6) is 0.770. The lowest BCUT2D eigenvalue weighted by molar-refractivity contribution is -0.114. The van der Waals surface area contributed by atoms with Gasteiger partial charge in [0.25, 0.3) is 5.91 Å². The van der Waals surface area contributed by atoms with Crippen molar-refractivity contribution in [1.82, 2.24) is 9.88 Å². The van der Waals surface area contributed by atoms with Gasteiger partial charge in [-0.3, -0.25) is 9.69 Å². The summed E-state index contributed by atoms with van der Waals surface area (Å²) in [5, 5.41) is 0.495. The lowest BCUT2D eigenvalue weighted by atomic mass is 10.2. The average Bonchev–Trinajstić information content (AvgIpc) is 3.36. The molecule has 3 aromatic rings. The minimum atomic E-state index is -0.383. The zero-order chi connectivity index (χ0) is 21.1. The molecule has 2 heterocycles. The molecular weight excluding hydrogens is 441 g/mol. The Morgan fingerprint density at radius 3 is 2.77 bits per heavy atom. The third-order valence-corrected chi connectivity index (χ3v) is 5.70. The zero-order valence-corrected chi connectivity index (χ0v) is 18.8. The summed E-state index contributed by atoms with van der Waals surface area (Å²) in [6.07, 6.45) is 4.02. The van der Waals surface area contributed by atoms with Crippen LogP contribution < -0.4 is 14.4 Å². The van der Waals surface area contributed by atoms with E-state index in [1.807, 2.05) is 38.4 Å². The Labute approximate surface area is 190 Å². The summed E-state index contributed by atoms with van der Waals surface area (Å²) in [5.41, 5.74) is 1.12. The first-order valence-corrected chi connectivity index (χ1v) is 10.4. The number of fused-ring (bicyclic) bond motifs is 2. The molecule has 0 bridgehead atoms. The predicted octanol–water partition coefficient (Wildman–Crippen LogP) is 4.58. The molecule has 4 rings (SSSR count). The number of nitrogens with zero attached hydrogens (tertiary/aromatic N) is 3. The van der Waals surface area contributed by atoms with Crippen molar-refractivity contribution in [3.05, 3.63) is 53.9 Å². The number of thiazole rings is 1. The maximum absolute atomic E-state index is 14.1. The van der Waals surface area contributed by atoms with Crippen LogP contribution in [0.5, 0.6) is 11.5 Å². The molecule has 1 aliphatic heterocycles. The van der Waals surface area contributed by atoms with Crippen LogP contribution in [0, 0.1) is 5.82 Å². The van der Waals surface area contributed by atoms with Gasteiger partial charge in [-0.15, -0.1) is 12.4 Å². The molecule has 0 atom stereocenters. The molecule has 31 heavy (non-hydrogen) atoms. The Balaban J connectivity index is 0.00000272. The highest BCUT2D eigenvalue weighted by atomic mass is 35.5. The molecule has 1 amide bonds. The lowest BCUT2D eigenvalue weighted by Gasteiger charge is -2.19. The largest absolute Gasteiger partial charge is 0.454 e. The molecular formula is C22H23ClFN3O3S. The van der Waals surface area contributed by atoms with Crippen molar-refractivity contribution in [2.24, 2.45) is 0 Å². The van der Waals surface area contributed by atoms with Crippen molar-refractivity contribution in [2.45, 2.75) is 6.42 Å². The molecule has 6 nitrogen and oxygen atoms in total. The standard InChI is InChI=1S/C22H22FN3O3S.ClH/c1-25(2)11-4-12-26(22-24-21-16(23)5-3-6-19(21)30-22)20(27)10-8-15-7-9-17-18(13-15)29-14-28-17;/h3,5-10,13H,4,11-12,14H2,1-2H3;1H. The molecule has 164 valence electrons. The summed E-state index contributed by atoms with van der Waals surface area (Å²) in [7, 11) is 3.97. The molecule has 0 saturated carbocycles. The van der Waals surface area contributed by atoms with E-state index in [1.165, 1.54) is 23.5 Å². The molecule has 0 unspecified atom stereocenters. The topological polar surface area (TPSA) is 54.9 Å². The smallest absolute Gasteiger partial charge is 0.252 e. The Morgan fingerprint density at radius 1 is 1.19 bits per heavy atom. The van der Waals surface area contributed by atoms with Gasteiger partial charge < -0.3 is 14.4 Å². The van der Waals surface area contributed by atoms with Crippen LogP contribution in [0.1, 0.15) is 12.0 Å². The van der Waals surface area contributed by atoms with Gasteiger partial charge in [0.05, 0.1) is 4.70 Å². The summed E-state index contributed by atoms with van der Waals surface area (Å²) in [6, 6.07) is 10.3. The molecule has 1 aliphatic rings. The van der Waals surface area contributed by atoms with Gasteiger partial charge in [0.2, 0.25) is 6.79 Å². The number of hydrogen-bond acceptors (Lipinski definition) is 6. The second kappa shape index (κ2) is 10.1. The van der Waals surface area contributed by atoms with Gasteiger partial charge in [-0.2, -0.15) is 0 Å². The quantitative estimate of drug-likeness (QED) is 0.480. The highest BCUT2D eigenvalue weighted by Crippen LogP contribution is 2.33. The number of halogens is 2. The monoisotopic (exact) mass is 463 g/mol. The van der Waals surface area contributed by atoms with Gasteiger partial charge in [0.15, 0.2) is 16.6 Å². The number of rotatable bonds is 7. The van der Waals surface area contributed by atoms with Crippen LogP contribution >= 0.6 is 23.7 Å². The van der Waals surface area contributed by atoms with Gasteiger partial charge >= 0.3 is 0 Å². The molecule has 1 aromatic heterocycles. The van der Waals surface area contributed by atoms with E-state index in [0.29, 0.717) is 28.7 Å². The molecule has 0 spiro atoms.